The van der Waals surface area contributed by atoms with E-state index in [-0.39, 0.29) is 42.8 Å². The lowest BCUT2D eigenvalue weighted by Gasteiger charge is -2.29. The second-order valence-corrected chi connectivity index (χ2v) is 24.5. The highest BCUT2D eigenvalue weighted by Crippen LogP contribution is 2.37. The molecule has 2 aromatic heterocycles. The molecule has 21 nitrogen and oxygen atoms in total. The van der Waals surface area contributed by atoms with Crippen molar-refractivity contribution in [2.45, 2.75) is 96.9 Å². The third kappa shape index (κ3) is 24.8. The minimum absolute atomic E-state index is 0.0371. The Labute approximate surface area is 509 Å². The molecule has 2 amide bonds. The number of esters is 1. The van der Waals surface area contributed by atoms with Crippen molar-refractivity contribution < 1.29 is 79.9 Å². The molecule has 6 rings (SSSR count). The average Bonchev–Trinajstić information content (AvgIpc) is 2.15. The highest BCUT2D eigenvalue weighted by atomic mass is 35.5. The Morgan fingerprint density at radius 2 is 1.61 bits per heavy atom. The van der Waals surface area contributed by atoms with Gasteiger partial charge in [0.2, 0.25) is 5.91 Å². The highest BCUT2D eigenvalue weighted by molar-refractivity contribution is 7.94. The van der Waals surface area contributed by atoms with Gasteiger partial charge in [-0.1, -0.05) is 67.4 Å². The SMILES string of the molecule is CC1(C)OC(c2ccco2)CN1C(=O)C(Cl)Cl.CCOCN(C(=O)CCl)c1c(C)cccc1CC.CCc1ccc(COc2ccc(-n3c(=O)cc(C(F)(F)F)n(C)c3=O)cc2)c(OC(C)C(=O)OC)c1.C[S+](C)C.O=C(O)CNCP(=O)([O-])O. The van der Waals surface area contributed by atoms with E-state index in [1.165, 1.54) is 36.3 Å². The molecule has 1 aliphatic rings. The number of hydrogen-bond donors (Lipinski definition) is 3. The van der Waals surface area contributed by atoms with Crippen molar-refractivity contribution in [3.8, 4) is 17.2 Å². The number of alkyl halides is 6. The summed E-state index contributed by atoms with van der Waals surface area (Å²) in [6.45, 7) is 13.9. The molecule has 5 aromatic rings. The zero-order valence-corrected chi connectivity index (χ0v) is 53.2. The first-order chi connectivity index (χ1) is 39.7. The van der Waals surface area contributed by atoms with Crippen molar-refractivity contribution in [2.75, 3.05) is 69.4 Å². The predicted molar refractivity (Wildman–Crippen MR) is 319 cm³/mol. The van der Waals surface area contributed by atoms with Gasteiger partial charge in [0, 0.05) is 25.3 Å². The average molecular weight is 1300 g/mol. The zero-order valence-electron chi connectivity index (χ0n) is 49.2. The molecule has 1 saturated heterocycles. The van der Waals surface area contributed by atoms with Crippen LogP contribution >= 0.6 is 42.4 Å². The van der Waals surface area contributed by atoms with Crippen LogP contribution in [0.2, 0.25) is 0 Å². The number of methoxy groups -OCH3 is 1. The van der Waals surface area contributed by atoms with Gasteiger partial charge >= 0.3 is 23.8 Å². The van der Waals surface area contributed by atoms with Gasteiger partial charge in [-0.2, -0.15) is 13.2 Å². The van der Waals surface area contributed by atoms with E-state index in [0.717, 1.165) is 42.3 Å². The zero-order chi connectivity index (χ0) is 64.6. The van der Waals surface area contributed by atoms with E-state index in [9.17, 15) is 51.4 Å². The van der Waals surface area contributed by atoms with E-state index in [0.29, 0.717) is 62.1 Å². The smallest absolute Gasteiger partial charge is 0.431 e. The van der Waals surface area contributed by atoms with E-state index in [1.54, 1.807) is 38.0 Å². The summed E-state index contributed by atoms with van der Waals surface area (Å²) in [4.78, 5) is 90.1. The van der Waals surface area contributed by atoms with E-state index in [1.807, 2.05) is 68.6 Å². The van der Waals surface area contributed by atoms with Gasteiger partial charge in [0.1, 0.15) is 61.6 Å². The van der Waals surface area contributed by atoms with Gasteiger partial charge in [-0.05, 0) is 118 Å². The van der Waals surface area contributed by atoms with Crippen molar-refractivity contribution in [1.29, 1.82) is 0 Å². The van der Waals surface area contributed by atoms with Gasteiger partial charge in [-0.25, -0.2) is 14.2 Å². The first-order valence-electron chi connectivity index (χ1n) is 26.0. The number of rotatable bonds is 20. The Bertz CT molecular complexity index is 3110. The van der Waals surface area contributed by atoms with Crippen LogP contribution in [-0.4, -0.2) is 129 Å². The molecule has 85 heavy (non-hydrogen) atoms. The van der Waals surface area contributed by atoms with Crippen LogP contribution < -0.4 is 35.8 Å². The van der Waals surface area contributed by atoms with Crippen molar-refractivity contribution in [1.82, 2.24) is 19.4 Å². The summed E-state index contributed by atoms with van der Waals surface area (Å²) >= 11 is 16.9. The molecular weight excluding hydrogens is 1230 g/mol. The Morgan fingerprint density at radius 3 is 2.12 bits per heavy atom. The molecule has 29 heteroatoms. The third-order valence-electron chi connectivity index (χ3n) is 11.6. The number of furan rings is 1. The Hall–Kier alpha value is -5.86. The molecule has 0 saturated carbocycles. The summed E-state index contributed by atoms with van der Waals surface area (Å²) in [5, 5.41) is 9.97. The van der Waals surface area contributed by atoms with E-state index < -0.39 is 72.1 Å². The topological polar surface area (TPSA) is 271 Å². The summed E-state index contributed by atoms with van der Waals surface area (Å²) in [6.07, 6.45) is 3.13. The summed E-state index contributed by atoms with van der Waals surface area (Å²) < 4.78 is 82.8. The van der Waals surface area contributed by atoms with Crippen LogP contribution in [0.3, 0.4) is 0 Å². The fourth-order valence-corrected chi connectivity index (χ4v) is 8.36. The number of carbonyl (C=O) groups excluding carboxylic acids is 3. The number of hydrogen-bond acceptors (Lipinski definition) is 15. The molecule has 0 aliphatic carbocycles. The quantitative estimate of drug-likeness (QED) is 0.0218. The number of anilines is 1. The second-order valence-electron chi connectivity index (χ2n) is 19.1. The Balaban J connectivity index is 0.000000420. The maximum atomic E-state index is 13.1. The number of carbonyl (C=O) groups is 4. The number of aryl methyl sites for hydroxylation is 3. The van der Waals surface area contributed by atoms with Crippen LogP contribution in [0.4, 0.5) is 18.9 Å². The normalized spacial score (nSPS) is 14.4. The Kier molecular flexibility index (Phi) is 31.6. The fourth-order valence-electron chi connectivity index (χ4n) is 7.58. The van der Waals surface area contributed by atoms with Crippen LogP contribution in [-0.2, 0) is 81.5 Å². The number of carboxylic acid groups (broad SMARTS) is 1. The van der Waals surface area contributed by atoms with Gasteiger partial charge in [-0.3, -0.25) is 34.0 Å². The molecule has 3 atom stereocenters. The van der Waals surface area contributed by atoms with Crippen LogP contribution in [0.25, 0.3) is 5.69 Å². The van der Waals surface area contributed by atoms with Crippen molar-refractivity contribution in [3.63, 3.8) is 0 Å². The molecular formula is C56H74Cl3F3N5O16PS. The van der Waals surface area contributed by atoms with Crippen molar-refractivity contribution in [2.24, 2.45) is 7.05 Å². The standard InChI is InChI=1S/C25H25F3N2O6.C14H20ClNO2.C11H13Cl2NO3.C3H8NO5P.C3H9S/c1-5-16-6-7-17(20(12-16)36-15(2)23(32)34-4)14-35-19-10-8-18(9-11-19)30-22(31)13-21(25(26,27)28)29(3)24(30)33;1-4-12-8-6-7-11(3)14(12)16(10-18-5-2)13(17)9-15;1-11(2)14(10(15)9(12)13)6-8(17-11)7-4-3-5-16-7;5-3(6)1-4-2-10(7,8)9;1-4(2)3/h6-13,15H,5,14H2,1-4H3;6-8H,4-5,9-10H2,1-3H3;3-5,8-9H,6H2,1-2H3;4H,1-2H2,(H,5,6)(H2,7,8,9);1-3H3/q;;;;+1/p-1. The van der Waals surface area contributed by atoms with Crippen molar-refractivity contribution in [3.05, 3.63) is 140 Å². The van der Waals surface area contributed by atoms with Crippen LogP contribution in [0.5, 0.6) is 11.5 Å². The van der Waals surface area contributed by atoms with E-state index in [2.05, 4.69) is 25.7 Å². The maximum Gasteiger partial charge on any atom is 0.431 e. The molecule has 0 radical (unpaired) electrons. The summed E-state index contributed by atoms with van der Waals surface area (Å²) in [5.74, 6) is -0.691. The molecule has 0 spiro atoms. The first kappa shape index (κ1) is 75.2. The number of carboxylic acids is 1. The monoisotopic (exact) mass is 1300 g/mol. The molecule has 472 valence electrons. The number of nitrogens with one attached hydrogen (secondary N) is 1. The van der Waals surface area contributed by atoms with Crippen LogP contribution in [0, 0.1) is 6.92 Å². The molecule has 3 unspecified atom stereocenters. The lowest BCUT2D eigenvalue weighted by atomic mass is 10.0. The number of aromatic nitrogens is 2. The molecule has 3 aromatic carbocycles. The lowest BCUT2D eigenvalue weighted by Crippen LogP contribution is -2.45. The van der Waals surface area contributed by atoms with Gasteiger partial charge in [0.05, 0.1) is 62.9 Å². The Morgan fingerprint density at radius 1 is 0.976 bits per heavy atom. The summed E-state index contributed by atoms with van der Waals surface area (Å²) in [7, 11) is -1.49. The molecule has 1 fully saturated rings. The largest absolute Gasteiger partial charge is 0.778 e. The number of ether oxygens (including phenoxy) is 5. The number of aliphatic carboxylic acids is 1. The number of benzene rings is 3. The van der Waals surface area contributed by atoms with Gasteiger partial charge in [0.15, 0.2) is 10.9 Å². The maximum absolute atomic E-state index is 13.1. The van der Waals surface area contributed by atoms with Gasteiger partial charge in [0.25, 0.3) is 11.5 Å². The summed E-state index contributed by atoms with van der Waals surface area (Å²) in [5.41, 5.74) is 0.583. The van der Waals surface area contributed by atoms with Crippen LogP contribution in [0.15, 0.2) is 99.1 Å². The summed E-state index contributed by atoms with van der Waals surface area (Å²) in [6, 6.07) is 21.3. The molecule has 3 N–H and O–H groups in total. The minimum atomic E-state index is -4.84. The van der Waals surface area contributed by atoms with Gasteiger partial charge < -0.3 is 52.5 Å². The number of amides is 2. The number of para-hydroxylation sites is 1. The van der Waals surface area contributed by atoms with Crippen molar-refractivity contribution >= 4 is 82.7 Å². The van der Waals surface area contributed by atoms with E-state index >= 15 is 0 Å². The van der Waals surface area contributed by atoms with Crippen LogP contribution in [0.1, 0.15) is 81.4 Å². The highest BCUT2D eigenvalue weighted by Gasteiger charge is 2.45. The molecule has 1 aliphatic heterocycles. The third-order valence-corrected chi connectivity index (χ3v) is 12.8. The second kappa shape index (κ2) is 35.7. The minimum Gasteiger partial charge on any atom is -0.778 e. The number of nitrogens with zero attached hydrogens (tertiary/aromatic N) is 4. The predicted octanol–water partition coefficient (Wildman–Crippen LogP) is 8.14. The lowest BCUT2D eigenvalue weighted by molar-refractivity contribution is -0.193. The first-order valence-corrected chi connectivity index (χ1v) is 31.6. The van der Waals surface area contributed by atoms with Gasteiger partial charge in [-0.15, -0.1) is 11.6 Å². The number of halogens is 6. The molecule has 0 bridgehead atoms. The fraction of sp³-hybridized carbons (Fsp3) is 0.464. The van der Waals surface area contributed by atoms with E-state index in [4.69, 9.17) is 72.9 Å². The molecule has 3 heterocycles.